The summed E-state index contributed by atoms with van der Waals surface area (Å²) in [6, 6.07) is 53.6. The molecule has 0 radical (unpaired) electrons. The predicted octanol–water partition coefficient (Wildman–Crippen LogP) is 10.3. The predicted molar refractivity (Wildman–Crippen MR) is 222 cm³/mol. The molecule has 0 fully saturated rings. The Morgan fingerprint density at radius 3 is 0.926 bits per heavy atom. The average Bonchev–Trinajstić information content (AvgIpc) is 3.24. The lowest BCUT2D eigenvalue weighted by Crippen LogP contribution is -2.66. The van der Waals surface area contributed by atoms with Crippen molar-refractivity contribution in [3.63, 3.8) is 0 Å². The van der Waals surface area contributed by atoms with Gasteiger partial charge in [-0.15, -0.1) is 0 Å². The van der Waals surface area contributed by atoms with Crippen LogP contribution in [0.15, 0.2) is 158 Å². The molecule has 278 valence electrons. The third kappa shape index (κ3) is 6.85. The minimum atomic E-state index is -1.62. The van der Waals surface area contributed by atoms with Crippen LogP contribution in [0.4, 0.5) is 0 Å². The Labute approximate surface area is 325 Å². The maximum Gasteiger partial charge on any atom is 0.118 e. The van der Waals surface area contributed by atoms with E-state index >= 15 is 5.11 Å². The molecule has 6 rings (SSSR count). The summed E-state index contributed by atoms with van der Waals surface area (Å²) >= 11 is 4.59. The summed E-state index contributed by atoms with van der Waals surface area (Å²) in [6.45, 7) is 0. The molecule has 0 unspecified atom stereocenters. The molecule has 54 heavy (non-hydrogen) atoms. The maximum atomic E-state index is 15.2. The second kappa shape index (κ2) is 17.3. The molecule has 0 heterocycles. The number of ether oxygens (including phenoxy) is 4. The van der Waals surface area contributed by atoms with Gasteiger partial charge in [-0.3, -0.25) is 0 Å². The lowest BCUT2D eigenvalue weighted by molar-refractivity contribution is -0.0609. The molecule has 6 heteroatoms. The van der Waals surface area contributed by atoms with E-state index in [1.807, 2.05) is 60.7 Å². The molecule has 6 aromatic carbocycles. The van der Waals surface area contributed by atoms with Gasteiger partial charge in [0, 0.05) is 0 Å². The van der Waals surface area contributed by atoms with Gasteiger partial charge in [0.2, 0.25) is 0 Å². The van der Waals surface area contributed by atoms with Crippen LogP contribution in [0.2, 0.25) is 0 Å². The van der Waals surface area contributed by atoms with Crippen LogP contribution in [0.3, 0.4) is 0 Å². The normalized spacial score (nSPS) is 11.9. The number of aliphatic hydroxyl groups is 1. The molecule has 0 aliphatic carbocycles. The Kier molecular flexibility index (Phi) is 12.4. The average molecular weight is 739 g/mol. The Hall–Kier alpha value is -5.17. The van der Waals surface area contributed by atoms with Gasteiger partial charge in [-0.1, -0.05) is 122 Å². The summed E-state index contributed by atoms with van der Waals surface area (Å²) in [7, 11) is 6.70. The van der Waals surface area contributed by atoms with Crippen LogP contribution in [0.1, 0.15) is 59.1 Å². The van der Waals surface area contributed by atoms with Gasteiger partial charge in [0.25, 0.3) is 0 Å². The van der Waals surface area contributed by atoms with Crippen molar-refractivity contribution in [2.45, 2.75) is 42.1 Å². The fraction of sp³-hybridized carbons (Fsp3) is 0.250. The summed E-state index contributed by atoms with van der Waals surface area (Å²) in [6.07, 6.45) is 2.96. The van der Waals surface area contributed by atoms with E-state index in [0.717, 1.165) is 81.4 Å². The van der Waals surface area contributed by atoms with E-state index < -0.39 is 16.4 Å². The first-order chi connectivity index (χ1) is 26.4. The van der Waals surface area contributed by atoms with Crippen molar-refractivity contribution in [2.24, 2.45) is 0 Å². The lowest BCUT2D eigenvalue weighted by atomic mass is 9.45. The number of hydrogen-bond acceptors (Lipinski definition) is 6. The second-order valence-corrected chi connectivity index (χ2v) is 14.0. The number of rotatable bonds is 17. The van der Waals surface area contributed by atoms with Crippen LogP contribution in [0.25, 0.3) is 0 Å². The van der Waals surface area contributed by atoms with E-state index in [0.29, 0.717) is 6.42 Å². The molecule has 0 aliphatic rings. The zero-order valence-corrected chi connectivity index (χ0v) is 32.5. The molecule has 5 nitrogen and oxygen atoms in total. The molecule has 0 bridgehead atoms. The topological polar surface area (TPSA) is 57.2 Å². The molecular formula is C48H50O5S. The summed E-state index contributed by atoms with van der Waals surface area (Å²) in [5.74, 6) is 3.68. The largest absolute Gasteiger partial charge is 0.497 e. The summed E-state index contributed by atoms with van der Waals surface area (Å²) in [5, 5.41) is 15.2. The van der Waals surface area contributed by atoms with Crippen molar-refractivity contribution in [1.29, 1.82) is 0 Å². The van der Waals surface area contributed by atoms with E-state index in [4.69, 9.17) is 18.9 Å². The molecule has 0 spiro atoms. The SMILES string of the molecule is COc1ccc(C(c2ccccc2)(c2ccc(OC)cc2)C(O)(CCCCCS)C(c2ccccc2)(c2ccc(OC)cc2)c2ccc(OC)cc2)cc1. The quantitative estimate of drug-likeness (QED) is 0.0554. The summed E-state index contributed by atoms with van der Waals surface area (Å²) in [5.41, 5.74) is 1.55. The monoisotopic (exact) mass is 738 g/mol. The molecule has 0 aromatic heterocycles. The molecule has 6 aromatic rings. The molecule has 0 amide bonds. The van der Waals surface area contributed by atoms with Crippen molar-refractivity contribution in [3.05, 3.63) is 191 Å². The Morgan fingerprint density at radius 1 is 0.389 bits per heavy atom. The smallest absolute Gasteiger partial charge is 0.118 e. The summed E-state index contributed by atoms with van der Waals surface area (Å²) < 4.78 is 22.8. The highest BCUT2D eigenvalue weighted by atomic mass is 32.1. The zero-order valence-electron chi connectivity index (χ0n) is 31.6. The molecule has 1 N–H and O–H groups in total. The van der Waals surface area contributed by atoms with Gasteiger partial charge in [0.15, 0.2) is 0 Å². The number of methoxy groups -OCH3 is 4. The van der Waals surface area contributed by atoms with Gasteiger partial charge in [-0.2, -0.15) is 12.6 Å². The molecule has 0 aliphatic heterocycles. The first-order valence-corrected chi connectivity index (χ1v) is 19.1. The van der Waals surface area contributed by atoms with Gasteiger partial charge < -0.3 is 24.1 Å². The van der Waals surface area contributed by atoms with Gasteiger partial charge in [0.05, 0.1) is 39.3 Å². The summed E-state index contributed by atoms with van der Waals surface area (Å²) in [4.78, 5) is 0. The van der Waals surface area contributed by atoms with Crippen LogP contribution >= 0.6 is 12.6 Å². The number of thiol groups is 1. The van der Waals surface area contributed by atoms with Gasteiger partial charge in [0.1, 0.15) is 28.6 Å². The molecule has 0 saturated carbocycles. The van der Waals surface area contributed by atoms with Gasteiger partial charge in [-0.25, -0.2) is 0 Å². The Morgan fingerprint density at radius 2 is 0.667 bits per heavy atom. The highest BCUT2D eigenvalue weighted by molar-refractivity contribution is 7.80. The van der Waals surface area contributed by atoms with E-state index in [9.17, 15) is 0 Å². The van der Waals surface area contributed by atoms with Crippen molar-refractivity contribution < 1.29 is 24.1 Å². The van der Waals surface area contributed by atoms with Crippen molar-refractivity contribution in [2.75, 3.05) is 34.2 Å². The van der Waals surface area contributed by atoms with Crippen LogP contribution in [-0.2, 0) is 10.8 Å². The Bertz CT molecular complexity index is 1790. The molecule has 0 saturated heterocycles. The van der Waals surface area contributed by atoms with Crippen molar-refractivity contribution in [3.8, 4) is 23.0 Å². The van der Waals surface area contributed by atoms with Gasteiger partial charge >= 0.3 is 0 Å². The third-order valence-electron chi connectivity index (χ3n) is 10.9. The fourth-order valence-corrected chi connectivity index (χ4v) is 8.72. The minimum absolute atomic E-state index is 0.417. The third-order valence-corrected chi connectivity index (χ3v) is 11.3. The lowest BCUT2D eigenvalue weighted by Gasteiger charge is -2.59. The number of benzene rings is 6. The minimum Gasteiger partial charge on any atom is -0.497 e. The van der Waals surface area contributed by atoms with Crippen molar-refractivity contribution >= 4 is 12.6 Å². The first-order valence-electron chi connectivity index (χ1n) is 18.4. The maximum absolute atomic E-state index is 15.2. The first kappa shape index (κ1) is 38.6. The zero-order chi connectivity index (χ0) is 38.0. The van der Waals surface area contributed by atoms with Crippen LogP contribution < -0.4 is 18.9 Å². The Balaban J connectivity index is 1.89. The highest BCUT2D eigenvalue weighted by Gasteiger charge is 2.65. The fourth-order valence-electron chi connectivity index (χ4n) is 8.50. The number of unbranched alkanes of at least 4 members (excludes halogenated alkanes) is 2. The standard InChI is InChI=1S/C48H50O5S/c1-50-42-26-18-38(19-27-42)47(36-14-8-5-9-15-36,39-20-28-43(51-2)29-21-39)46(49,34-12-7-13-35-54)48(37-16-10-6-11-17-37,40-22-30-44(52-3)31-23-40)41-24-32-45(53-4)33-25-41/h5-6,8-11,14-33,49,54H,7,12-13,34-35H2,1-4H3. The second-order valence-electron chi connectivity index (χ2n) is 13.5. The highest BCUT2D eigenvalue weighted by Crippen LogP contribution is 2.62. The van der Waals surface area contributed by atoms with E-state index in [1.165, 1.54) is 0 Å². The van der Waals surface area contributed by atoms with Crippen LogP contribution in [-0.4, -0.2) is 44.9 Å². The number of hydrogen-bond donors (Lipinski definition) is 2. The van der Waals surface area contributed by atoms with Crippen LogP contribution in [0, 0.1) is 0 Å². The molecule has 0 atom stereocenters. The van der Waals surface area contributed by atoms with Crippen LogP contribution in [0.5, 0.6) is 23.0 Å². The van der Waals surface area contributed by atoms with Gasteiger partial charge in [-0.05, 0) is 101 Å². The van der Waals surface area contributed by atoms with E-state index in [1.54, 1.807) is 28.4 Å². The van der Waals surface area contributed by atoms with E-state index in [-0.39, 0.29) is 0 Å². The molecular weight excluding hydrogens is 689 g/mol. The van der Waals surface area contributed by atoms with E-state index in [2.05, 4.69) is 110 Å². The van der Waals surface area contributed by atoms with Crippen molar-refractivity contribution in [1.82, 2.24) is 0 Å².